The Kier molecular flexibility index (Phi) is 8.73. The molecule has 0 aromatic heterocycles. The number of hydrogen-bond acceptors (Lipinski definition) is 4. The van der Waals surface area contributed by atoms with Gasteiger partial charge in [0.15, 0.2) is 0 Å². The highest BCUT2D eigenvalue weighted by Gasteiger charge is 2.47. The third kappa shape index (κ3) is 5.68. The first-order chi connectivity index (χ1) is 15.3. The molecule has 0 spiro atoms. The molecule has 3 N–H and O–H groups in total. The van der Waals surface area contributed by atoms with Gasteiger partial charge in [0.2, 0.25) is 10.0 Å². The zero-order valence-corrected chi connectivity index (χ0v) is 21.4. The van der Waals surface area contributed by atoms with E-state index in [9.17, 15) is 8.42 Å². The Labute approximate surface area is 208 Å². The van der Waals surface area contributed by atoms with Crippen molar-refractivity contribution >= 4 is 34.0 Å². The van der Waals surface area contributed by atoms with Crippen molar-refractivity contribution in [3.63, 3.8) is 0 Å². The van der Waals surface area contributed by atoms with Gasteiger partial charge in [0.25, 0.3) is 0 Å². The number of fused-ring (bicyclic) bond motifs is 1. The van der Waals surface area contributed by atoms with Crippen LogP contribution in [0.5, 0.6) is 5.75 Å². The maximum Gasteiger partial charge on any atom is 0.211 e. The van der Waals surface area contributed by atoms with E-state index < -0.39 is 15.3 Å². The molecule has 2 unspecified atom stereocenters. The summed E-state index contributed by atoms with van der Waals surface area (Å²) >= 11 is 6.15. The molecule has 5 nitrogen and oxygen atoms in total. The molecule has 1 aliphatic carbocycles. The summed E-state index contributed by atoms with van der Waals surface area (Å²) in [5.74, 6) is 0.840. The third-order valence-corrected chi connectivity index (χ3v) is 9.00. The van der Waals surface area contributed by atoms with E-state index >= 15 is 0 Å². The second-order valence-corrected chi connectivity index (χ2v) is 11.4. The van der Waals surface area contributed by atoms with Gasteiger partial charge in [0.1, 0.15) is 5.75 Å². The average Bonchev–Trinajstić information content (AvgIpc) is 2.73. The van der Waals surface area contributed by atoms with Crippen molar-refractivity contribution in [2.24, 2.45) is 5.14 Å². The molecule has 0 radical (unpaired) electrons. The molecule has 1 heterocycles. The van der Waals surface area contributed by atoms with Gasteiger partial charge in [-0.05, 0) is 86.0 Å². The van der Waals surface area contributed by atoms with Crippen molar-refractivity contribution in [3.8, 4) is 5.75 Å². The van der Waals surface area contributed by atoms with Crippen molar-refractivity contribution in [1.82, 2.24) is 5.32 Å². The Hall–Kier alpha value is -1.31. The number of hydrogen-bond donors (Lipinski definition) is 2. The summed E-state index contributed by atoms with van der Waals surface area (Å²) in [6, 6.07) is 15.0. The third-order valence-electron chi connectivity index (χ3n) is 7.25. The van der Waals surface area contributed by atoms with Crippen LogP contribution >= 0.6 is 24.0 Å². The molecule has 2 aromatic carbocycles. The van der Waals surface area contributed by atoms with Gasteiger partial charge >= 0.3 is 0 Å². The van der Waals surface area contributed by atoms with E-state index in [0.717, 1.165) is 36.6 Å². The first-order valence-corrected chi connectivity index (χ1v) is 13.6. The van der Waals surface area contributed by atoms with Crippen LogP contribution in [0.15, 0.2) is 42.5 Å². The zero-order chi connectivity index (χ0) is 22.8. The Morgan fingerprint density at radius 1 is 1.21 bits per heavy atom. The van der Waals surface area contributed by atoms with Crippen LogP contribution in [0.2, 0.25) is 5.02 Å². The van der Waals surface area contributed by atoms with Crippen LogP contribution < -0.4 is 15.2 Å². The van der Waals surface area contributed by atoms with E-state index in [2.05, 4.69) is 29.6 Å². The molecule has 1 saturated carbocycles. The summed E-state index contributed by atoms with van der Waals surface area (Å²) in [5, 5.41) is 9.37. The monoisotopic (exact) mass is 512 g/mol. The van der Waals surface area contributed by atoms with Gasteiger partial charge in [-0.2, -0.15) is 0 Å². The van der Waals surface area contributed by atoms with E-state index in [4.69, 9.17) is 21.5 Å². The second-order valence-electron chi connectivity index (χ2n) is 9.12. The maximum absolute atomic E-state index is 11.6. The minimum atomic E-state index is -3.49. The average molecular weight is 514 g/mol. The maximum atomic E-state index is 11.6. The van der Waals surface area contributed by atoms with Crippen LogP contribution in [0.25, 0.3) is 0 Å². The standard InChI is InChI=1S/C25H33ClN2O3S.ClH/c1-2-22(32(27,29)30)5-3-16-31-21-11-6-18-12-15-28-24(23(18)17-21)25(13-4-14-25)19-7-9-20(26)10-8-19;/h6-11,17,22,24,28H,2-5,12-16H2,1H3,(H2,27,29,30);1H. The minimum Gasteiger partial charge on any atom is -0.494 e. The lowest BCUT2D eigenvalue weighted by Crippen LogP contribution is -2.49. The summed E-state index contributed by atoms with van der Waals surface area (Å²) in [5.41, 5.74) is 4.13. The first-order valence-electron chi connectivity index (χ1n) is 11.6. The molecule has 1 fully saturated rings. The van der Waals surface area contributed by atoms with Crippen LogP contribution in [0, 0.1) is 0 Å². The predicted octanol–water partition coefficient (Wildman–Crippen LogP) is 5.30. The fourth-order valence-electron chi connectivity index (χ4n) is 5.30. The van der Waals surface area contributed by atoms with Crippen molar-refractivity contribution in [2.45, 2.75) is 68.6 Å². The minimum absolute atomic E-state index is 0. The fraction of sp³-hybridized carbons (Fsp3) is 0.520. The number of halogens is 2. The quantitative estimate of drug-likeness (QED) is 0.446. The SMILES string of the molecule is CCC(CCCOc1ccc2c(c1)C(C1(c3ccc(Cl)cc3)CCC1)NCC2)S(N)(=O)=O.Cl. The van der Waals surface area contributed by atoms with E-state index in [1.54, 1.807) is 0 Å². The number of primary sulfonamides is 1. The molecule has 1 aliphatic heterocycles. The van der Waals surface area contributed by atoms with E-state index in [-0.39, 0.29) is 23.9 Å². The highest BCUT2D eigenvalue weighted by atomic mass is 35.5. The van der Waals surface area contributed by atoms with E-state index in [0.29, 0.717) is 25.9 Å². The lowest BCUT2D eigenvalue weighted by atomic mass is 9.58. The topological polar surface area (TPSA) is 81.4 Å². The van der Waals surface area contributed by atoms with Crippen LogP contribution in [-0.2, 0) is 21.9 Å². The van der Waals surface area contributed by atoms with Gasteiger partial charge < -0.3 is 10.1 Å². The Balaban J connectivity index is 0.00000306. The molecular formula is C25H34Cl2N2O3S. The summed E-state index contributed by atoms with van der Waals surface area (Å²) in [6.07, 6.45) is 6.25. The van der Waals surface area contributed by atoms with E-state index in [1.807, 2.05) is 25.1 Å². The molecule has 0 amide bonds. The highest BCUT2D eigenvalue weighted by molar-refractivity contribution is 7.89. The molecule has 0 saturated heterocycles. The largest absolute Gasteiger partial charge is 0.494 e. The second kappa shape index (κ2) is 11.0. The first kappa shape index (κ1) is 26.3. The summed E-state index contributed by atoms with van der Waals surface area (Å²) in [7, 11) is -3.49. The van der Waals surface area contributed by atoms with Gasteiger partial charge in [-0.15, -0.1) is 12.4 Å². The molecule has 4 rings (SSSR count). The Morgan fingerprint density at radius 2 is 1.94 bits per heavy atom. The van der Waals surface area contributed by atoms with Crippen molar-refractivity contribution in [2.75, 3.05) is 13.2 Å². The molecule has 182 valence electrons. The predicted molar refractivity (Wildman–Crippen MR) is 137 cm³/mol. The van der Waals surface area contributed by atoms with Gasteiger partial charge in [0.05, 0.1) is 11.9 Å². The smallest absolute Gasteiger partial charge is 0.211 e. The van der Waals surface area contributed by atoms with Crippen LogP contribution in [0.4, 0.5) is 0 Å². The lowest BCUT2D eigenvalue weighted by molar-refractivity contribution is 0.164. The summed E-state index contributed by atoms with van der Waals surface area (Å²) < 4.78 is 29.3. The summed E-state index contributed by atoms with van der Waals surface area (Å²) in [6.45, 7) is 3.30. The van der Waals surface area contributed by atoms with Gasteiger partial charge in [-0.25, -0.2) is 13.6 Å². The lowest BCUT2D eigenvalue weighted by Gasteiger charge is -2.50. The zero-order valence-electron chi connectivity index (χ0n) is 19.1. The number of sulfonamides is 1. The molecular weight excluding hydrogens is 479 g/mol. The molecule has 0 bridgehead atoms. The van der Waals surface area contributed by atoms with E-state index in [1.165, 1.54) is 23.1 Å². The van der Waals surface area contributed by atoms with Crippen molar-refractivity contribution in [1.29, 1.82) is 0 Å². The van der Waals surface area contributed by atoms with Gasteiger partial charge in [-0.1, -0.05) is 43.1 Å². The van der Waals surface area contributed by atoms with Gasteiger partial charge in [0, 0.05) is 16.5 Å². The Bertz CT molecular complexity index is 1040. The van der Waals surface area contributed by atoms with Crippen LogP contribution in [-0.4, -0.2) is 26.8 Å². The Morgan fingerprint density at radius 3 is 2.55 bits per heavy atom. The fourth-order valence-corrected chi connectivity index (χ4v) is 6.38. The number of nitrogens with two attached hydrogens (primary N) is 1. The molecule has 8 heteroatoms. The van der Waals surface area contributed by atoms with Gasteiger partial charge in [-0.3, -0.25) is 0 Å². The number of benzene rings is 2. The number of rotatable bonds is 9. The normalized spacial score (nSPS) is 20.2. The highest BCUT2D eigenvalue weighted by Crippen LogP contribution is 2.53. The molecule has 2 atom stereocenters. The number of nitrogens with one attached hydrogen (secondary N) is 1. The van der Waals surface area contributed by atoms with Crippen LogP contribution in [0.1, 0.15) is 68.2 Å². The molecule has 2 aromatic rings. The molecule has 33 heavy (non-hydrogen) atoms. The molecule has 2 aliphatic rings. The van der Waals surface area contributed by atoms with Crippen molar-refractivity contribution in [3.05, 3.63) is 64.2 Å². The van der Waals surface area contributed by atoms with Crippen molar-refractivity contribution < 1.29 is 13.2 Å². The number of ether oxygens (including phenoxy) is 1. The van der Waals surface area contributed by atoms with Crippen LogP contribution in [0.3, 0.4) is 0 Å². The summed E-state index contributed by atoms with van der Waals surface area (Å²) in [4.78, 5) is 0.